The molecule has 7 nitrogen and oxygen atoms in total. The SMILES string of the molecule is Cc1cccc(OCC(=O)N[C@@H](C)C(=O)N2C(=O)C(C)c3ccccc3-c3c(N)cccc32)c1. The summed E-state index contributed by atoms with van der Waals surface area (Å²) in [7, 11) is 0. The summed E-state index contributed by atoms with van der Waals surface area (Å²) in [5, 5.41) is 2.65. The van der Waals surface area contributed by atoms with Gasteiger partial charge in [0.05, 0.1) is 11.6 Å². The molecule has 0 radical (unpaired) electrons. The first-order valence-corrected chi connectivity index (χ1v) is 11.1. The first kappa shape index (κ1) is 23.0. The summed E-state index contributed by atoms with van der Waals surface area (Å²) < 4.78 is 5.53. The molecule has 0 aromatic heterocycles. The highest BCUT2D eigenvalue weighted by Gasteiger charge is 2.37. The summed E-state index contributed by atoms with van der Waals surface area (Å²) in [6.45, 7) is 4.99. The molecule has 4 rings (SSSR count). The number of hydrogen-bond acceptors (Lipinski definition) is 5. The highest BCUT2D eigenvalue weighted by atomic mass is 16.5. The maximum atomic E-state index is 13.5. The predicted octanol–water partition coefficient (Wildman–Crippen LogP) is 3.80. The maximum absolute atomic E-state index is 13.5. The van der Waals surface area contributed by atoms with E-state index in [2.05, 4.69) is 5.32 Å². The first-order valence-electron chi connectivity index (χ1n) is 11.1. The first-order chi connectivity index (χ1) is 16.3. The molecular formula is C27H27N3O4. The van der Waals surface area contributed by atoms with Crippen molar-refractivity contribution >= 4 is 29.1 Å². The Morgan fingerprint density at radius 2 is 1.82 bits per heavy atom. The van der Waals surface area contributed by atoms with Crippen molar-refractivity contribution in [1.82, 2.24) is 5.32 Å². The Hall–Kier alpha value is -4.13. The van der Waals surface area contributed by atoms with Crippen LogP contribution in [-0.4, -0.2) is 30.4 Å². The van der Waals surface area contributed by atoms with Gasteiger partial charge in [0.1, 0.15) is 11.8 Å². The molecule has 1 aliphatic heterocycles. The van der Waals surface area contributed by atoms with Crippen molar-refractivity contribution in [3.63, 3.8) is 0 Å². The van der Waals surface area contributed by atoms with E-state index in [1.54, 1.807) is 38.1 Å². The highest BCUT2D eigenvalue weighted by molar-refractivity contribution is 6.22. The van der Waals surface area contributed by atoms with Gasteiger partial charge in [-0.15, -0.1) is 0 Å². The van der Waals surface area contributed by atoms with Gasteiger partial charge in [0.2, 0.25) is 5.91 Å². The van der Waals surface area contributed by atoms with Crippen LogP contribution in [0.5, 0.6) is 5.75 Å². The molecule has 0 spiro atoms. The van der Waals surface area contributed by atoms with E-state index in [0.717, 1.165) is 21.6 Å². The van der Waals surface area contributed by atoms with Crippen LogP contribution in [0.4, 0.5) is 11.4 Å². The lowest BCUT2D eigenvalue weighted by atomic mass is 9.92. The Morgan fingerprint density at radius 1 is 1.09 bits per heavy atom. The molecule has 3 aromatic carbocycles. The van der Waals surface area contributed by atoms with Gasteiger partial charge < -0.3 is 15.8 Å². The zero-order valence-electron chi connectivity index (χ0n) is 19.4. The van der Waals surface area contributed by atoms with Crippen molar-refractivity contribution in [2.75, 3.05) is 17.2 Å². The molecule has 0 saturated heterocycles. The molecule has 1 unspecified atom stereocenters. The van der Waals surface area contributed by atoms with Crippen LogP contribution in [-0.2, 0) is 14.4 Å². The molecule has 34 heavy (non-hydrogen) atoms. The molecule has 3 aromatic rings. The Balaban J connectivity index is 1.58. The van der Waals surface area contributed by atoms with Gasteiger partial charge in [-0.2, -0.15) is 0 Å². The number of nitrogen functional groups attached to an aromatic ring is 1. The van der Waals surface area contributed by atoms with Crippen molar-refractivity contribution in [2.45, 2.75) is 32.7 Å². The van der Waals surface area contributed by atoms with Crippen LogP contribution in [0.3, 0.4) is 0 Å². The third-order valence-corrected chi connectivity index (χ3v) is 5.93. The van der Waals surface area contributed by atoms with Crippen LogP contribution < -0.4 is 20.7 Å². The number of benzene rings is 3. The van der Waals surface area contributed by atoms with Crippen molar-refractivity contribution in [2.24, 2.45) is 0 Å². The van der Waals surface area contributed by atoms with Gasteiger partial charge in [0.25, 0.3) is 11.8 Å². The van der Waals surface area contributed by atoms with Crippen molar-refractivity contribution in [3.8, 4) is 16.9 Å². The summed E-state index contributed by atoms with van der Waals surface area (Å²) in [5.41, 5.74) is 10.4. The number of ether oxygens (including phenoxy) is 1. The van der Waals surface area contributed by atoms with Gasteiger partial charge in [-0.25, -0.2) is 4.90 Å². The molecule has 0 saturated carbocycles. The van der Waals surface area contributed by atoms with E-state index < -0.39 is 23.8 Å². The molecule has 0 bridgehead atoms. The Kier molecular flexibility index (Phi) is 6.36. The van der Waals surface area contributed by atoms with Gasteiger partial charge >= 0.3 is 0 Å². The minimum absolute atomic E-state index is 0.250. The molecule has 3 amide bonds. The maximum Gasteiger partial charge on any atom is 0.258 e. The van der Waals surface area contributed by atoms with Crippen molar-refractivity contribution in [1.29, 1.82) is 0 Å². The second-order valence-electron chi connectivity index (χ2n) is 8.46. The second-order valence-corrected chi connectivity index (χ2v) is 8.46. The number of amides is 3. The average Bonchev–Trinajstić information content (AvgIpc) is 2.91. The fourth-order valence-electron chi connectivity index (χ4n) is 4.20. The molecule has 174 valence electrons. The predicted molar refractivity (Wildman–Crippen MR) is 131 cm³/mol. The molecule has 3 N–H and O–H groups in total. The lowest BCUT2D eigenvalue weighted by molar-refractivity contribution is -0.131. The number of imide groups is 1. The van der Waals surface area contributed by atoms with Gasteiger partial charge in [-0.1, -0.05) is 42.5 Å². The molecule has 1 heterocycles. The number of nitrogens with zero attached hydrogens (tertiary/aromatic N) is 1. The molecule has 7 heteroatoms. The second kappa shape index (κ2) is 9.39. The molecular weight excluding hydrogens is 430 g/mol. The number of fused-ring (bicyclic) bond motifs is 3. The number of carbonyl (C=O) groups is 3. The summed E-state index contributed by atoms with van der Waals surface area (Å²) in [4.78, 5) is 40.6. The molecule has 0 fully saturated rings. The quantitative estimate of drug-likeness (QED) is 0.568. The van der Waals surface area contributed by atoms with Gasteiger partial charge in [-0.05, 0) is 61.7 Å². The van der Waals surface area contributed by atoms with Crippen molar-refractivity contribution < 1.29 is 19.1 Å². The summed E-state index contributed by atoms with van der Waals surface area (Å²) in [6, 6.07) is 19.0. The number of hydrogen-bond donors (Lipinski definition) is 2. The lowest BCUT2D eigenvalue weighted by Crippen LogP contribution is -2.51. The Morgan fingerprint density at radius 3 is 2.59 bits per heavy atom. The van der Waals surface area contributed by atoms with Gasteiger partial charge in [-0.3, -0.25) is 14.4 Å². The van der Waals surface area contributed by atoms with E-state index >= 15 is 0 Å². The van der Waals surface area contributed by atoms with E-state index in [4.69, 9.17) is 10.5 Å². The number of aryl methyl sites for hydroxylation is 1. The number of nitrogens with one attached hydrogen (secondary N) is 1. The number of anilines is 2. The molecule has 2 atom stereocenters. The lowest BCUT2D eigenvalue weighted by Gasteiger charge is -2.26. The van der Waals surface area contributed by atoms with E-state index in [9.17, 15) is 14.4 Å². The molecule has 0 aliphatic carbocycles. The minimum Gasteiger partial charge on any atom is -0.484 e. The Labute approximate surface area is 198 Å². The summed E-state index contributed by atoms with van der Waals surface area (Å²) in [5.74, 6) is -1.39. The third-order valence-electron chi connectivity index (χ3n) is 5.93. The van der Waals surface area contributed by atoms with Crippen LogP contribution in [0.2, 0.25) is 0 Å². The van der Waals surface area contributed by atoms with Crippen molar-refractivity contribution in [3.05, 3.63) is 77.9 Å². The highest BCUT2D eigenvalue weighted by Crippen LogP contribution is 2.44. The van der Waals surface area contributed by atoms with E-state index in [1.165, 1.54) is 0 Å². The fraction of sp³-hybridized carbons (Fsp3) is 0.222. The van der Waals surface area contributed by atoms with E-state index in [0.29, 0.717) is 22.7 Å². The number of carbonyl (C=O) groups excluding carboxylic acids is 3. The zero-order valence-corrected chi connectivity index (χ0v) is 19.4. The van der Waals surface area contributed by atoms with E-state index in [-0.39, 0.29) is 12.5 Å². The third kappa shape index (κ3) is 4.37. The normalized spacial score (nSPS) is 15.6. The smallest absolute Gasteiger partial charge is 0.258 e. The van der Waals surface area contributed by atoms with Crippen LogP contribution in [0, 0.1) is 6.92 Å². The van der Waals surface area contributed by atoms with Gasteiger partial charge in [0, 0.05) is 11.3 Å². The zero-order chi connectivity index (χ0) is 24.4. The van der Waals surface area contributed by atoms with Crippen LogP contribution >= 0.6 is 0 Å². The summed E-state index contributed by atoms with van der Waals surface area (Å²) >= 11 is 0. The Bertz CT molecular complexity index is 1270. The minimum atomic E-state index is -0.958. The van der Waals surface area contributed by atoms with Gasteiger partial charge in [0.15, 0.2) is 6.61 Å². The summed E-state index contributed by atoms with van der Waals surface area (Å²) in [6.07, 6.45) is 0. The largest absolute Gasteiger partial charge is 0.484 e. The van der Waals surface area contributed by atoms with Crippen LogP contribution in [0.25, 0.3) is 11.1 Å². The average molecular weight is 458 g/mol. The number of nitrogens with two attached hydrogens (primary N) is 1. The van der Waals surface area contributed by atoms with E-state index in [1.807, 2.05) is 49.4 Å². The monoisotopic (exact) mass is 457 g/mol. The fourth-order valence-corrected chi connectivity index (χ4v) is 4.20. The van der Waals surface area contributed by atoms with Crippen LogP contribution in [0.15, 0.2) is 66.7 Å². The van der Waals surface area contributed by atoms with Crippen LogP contribution in [0.1, 0.15) is 30.9 Å². The molecule has 1 aliphatic rings. The topological polar surface area (TPSA) is 102 Å². The number of rotatable bonds is 5. The standard InChI is InChI=1S/C27H27N3O4/c1-16-8-6-9-19(14-16)34-15-24(31)29-18(3)27(33)30-23-13-7-12-22(28)25(23)21-11-5-4-10-20(21)17(2)26(30)32/h4-14,17-18H,15,28H2,1-3H3,(H,29,31)/t17?,18-/m0/s1.